The van der Waals surface area contributed by atoms with Crippen LogP contribution in [0.15, 0.2) is 109 Å². The fraction of sp³-hybridized carbons (Fsp3) is 0. The molecule has 0 spiro atoms. The maximum atomic E-state index is 14.6. The average molecular weight is 370 g/mol. The average Bonchev–Trinajstić information content (AvgIpc) is 2.75. The lowest BCUT2D eigenvalue weighted by Crippen LogP contribution is -2.26. The smallest absolute Gasteiger partial charge is 0.173 e. The van der Waals surface area contributed by atoms with Gasteiger partial charge < -0.3 is 9.88 Å². The second-order valence-electron chi connectivity index (χ2n) is 6.14. The molecule has 0 fully saturated rings. The third-order valence-corrected chi connectivity index (χ3v) is 7.53. The zero-order valence-corrected chi connectivity index (χ0v) is 15.6. The predicted octanol–water partition coefficient (Wildman–Crippen LogP) is 4.46. The van der Waals surface area contributed by atoms with Crippen molar-refractivity contribution in [2.45, 2.75) is 0 Å². The molecule has 132 valence electrons. The summed E-state index contributed by atoms with van der Waals surface area (Å²) < 4.78 is 14.6. The molecule has 1 N–H and O–H groups in total. The molecule has 1 heterocycles. The normalized spacial score (nSPS) is 11.1. The van der Waals surface area contributed by atoms with Gasteiger partial charge in [0.25, 0.3) is 0 Å². The van der Waals surface area contributed by atoms with Gasteiger partial charge in [0, 0.05) is 22.1 Å². The van der Waals surface area contributed by atoms with Crippen LogP contribution in [0.5, 0.6) is 0 Å². The Bertz CT molecular complexity index is 1020. The Balaban J connectivity index is 1.91. The van der Waals surface area contributed by atoms with Gasteiger partial charge in [0.05, 0.1) is 5.69 Å². The number of pyridine rings is 1. The Labute approximate surface area is 159 Å². The molecule has 3 nitrogen and oxygen atoms in total. The minimum atomic E-state index is -3.04. The van der Waals surface area contributed by atoms with Crippen LogP contribution in [0.4, 0.5) is 11.5 Å². The first-order valence-corrected chi connectivity index (χ1v) is 10.5. The molecular weight excluding hydrogens is 351 g/mol. The molecule has 4 rings (SSSR count). The van der Waals surface area contributed by atoms with Crippen molar-refractivity contribution >= 4 is 34.6 Å². The van der Waals surface area contributed by atoms with Crippen LogP contribution in [0.25, 0.3) is 0 Å². The van der Waals surface area contributed by atoms with Crippen LogP contribution in [-0.2, 0) is 4.57 Å². The number of benzene rings is 3. The summed E-state index contributed by atoms with van der Waals surface area (Å²) >= 11 is 0. The number of aromatic nitrogens is 1. The highest BCUT2D eigenvalue weighted by atomic mass is 31.2. The standard InChI is InChI=1S/C23H19N2OP/c26-27(19-11-3-1-4-12-19,20-13-5-2-6-14-20)22-16-8-7-15-21(22)25-23-17-9-10-18-24-23/h1-18H,(H,24,25). The molecule has 0 atom stereocenters. The highest BCUT2D eigenvalue weighted by molar-refractivity contribution is 7.85. The lowest BCUT2D eigenvalue weighted by molar-refractivity contribution is 0.592. The molecular formula is C23H19N2OP. The topological polar surface area (TPSA) is 42.0 Å². The number of nitrogens with one attached hydrogen (secondary N) is 1. The maximum absolute atomic E-state index is 14.6. The van der Waals surface area contributed by atoms with Gasteiger partial charge in [0.2, 0.25) is 0 Å². The molecule has 27 heavy (non-hydrogen) atoms. The van der Waals surface area contributed by atoms with Crippen molar-refractivity contribution in [1.82, 2.24) is 4.98 Å². The summed E-state index contributed by atoms with van der Waals surface area (Å²) in [6.07, 6.45) is 1.74. The Kier molecular flexibility index (Phi) is 4.86. The quantitative estimate of drug-likeness (QED) is 0.527. The molecule has 0 saturated heterocycles. The summed E-state index contributed by atoms with van der Waals surface area (Å²) in [5, 5.41) is 5.73. The van der Waals surface area contributed by atoms with Gasteiger partial charge in [-0.2, -0.15) is 0 Å². The van der Waals surface area contributed by atoms with Crippen LogP contribution < -0.4 is 21.2 Å². The fourth-order valence-electron chi connectivity index (χ4n) is 3.13. The highest BCUT2D eigenvalue weighted by Gasteiger charge is 2.31. The summed E-state index contributed by atoms with van der Waals surface area (Å²) in [7, 11) is -3.04. The highest BCUT2D eigenvalue weighted by Crippen LogP contribution is 2.44. The van der Waals surface area contributed by atoms with Gasteiger partial charge in [-0.1, -0.05) is 78.9 Å². The molecule has 0 aliphatic carbocycles. The van der Waals surface area contributed by atoms with Crippen LogP contribution in [0.2, 0.25) is 0 Å². The van der Waals surface area contributed by atoms with Crippen LogP contribution in [0.3, 0.4) is 0 Å². The largest absolute Gasteiger partial charge is 0.340 e. The van der Waals surface area contributed by atoms with Crippen molar-refractivity contribution in [3.63, 3.8) is 0 Å². The van der Waals surface area contributed by atoms with Gasteiger partial charge in [-0.3, -0.25) is 0 Å². The Morgan fingerprint density at radius 1 is 0.630 bits per heavy atom. The first-order valence-electron chi connectivity index (χ1n) is 8.77. The molecule has 0 unspecified atom stereocenters. The number of nitrogens with zero attached hydrogens (tertiary/aromatic N) is 1. The molecule has 0 saturated carbocycles. The van der Waals surface area contributed by atoms with Crippen molar-refractivity contribution < 1.29 is 4.57 Å². The molecule has 0 aliphatic rings. The summed E-state index contributed by atoms with van der Waals surface area (Å²) in [6, 6.07) is 32.8. The monoisotopic (exact) mass is 370 g/mol. The Morgan fingerprint density at radius 3 is 1.78 bits per heavy atom. The zero-order valence-electron chi connectivity index (χ0n) is 14.7. The zero-order chi connectivity index (χ0) is 18.5. The summed E-state index contributed by atoms with van der Waals surface area (Å²) in [4.78, 5) is 4.34. The summed E-state index contributed by atoms with van der Waals surface area (Å²) in [5.41, 5.74) is 0.798. The molecule has 0 aliphatic heterocycles. The van der Waals surface area contributed by atoms with Gasteiger partial charge in [-0.15, -0.1) is 0 Å². The van der Waals surface area contributed by atoms with Crippen LogP contribution >= 0.6 is 7.14 Å². The molecule has 0 radical (unpaired) electrons. The van der Waals surface area contributed by atoms with Crippen molar-refractivity contribution in [2.24, 2.45) is 0 Å². The molecule has 0 amide bonds. The summed E-state index contributed by atoms with van der Waals surface area (Å²) in [5.74, 6) is 0.720. The van der Waals surface area contributed by atoms with E-state index in [-0.39, 0.29) is 0 Å². The van der Waals surface area contributed by atoms with E-state index < -0.39 is 7.14 Å². The first kappa shape index (κ1) is 17.3. The second kappa shape index (κ2) is 7.61. The molecule has 4 heteroatoms. The SMILES string of the molecule is O=P(c1ccccc1)(c1ccccc1)c1ccccc1Nc1ccccn1. The maximum Gasteiger partial charge on any atom is 0.173 e. The van der Waals surface area contributed by atoms with E-state index in [0.29, 0.717) is 0 Å². The second-order valence-corrected chi connectivity index (χ2v) is 8.87. The van der Waals surface area contributed by atoms with Gasteiger partial charge >= 0.3 is 0 Å². The van der Waals surface area contributed by atoms with E-state index in [9.17, 15) is 4.57 Å². The summed E-state index contributed by atoms with van der Waals surface area (Å²) in [6.45, 7) is 0. The number of hydrogen-bond acceptors (Lipinski definition) is 3. The van der Waals surface area contributed by atoms with Crippen molar-refractivity contribution in [2.75, 3.05) is 5.32 Å². The van der Waals surface area contributed by atoms with E-state index in [2.05, 4.69) is 10.3 Å². The first-order chi connectivity index (χ1) is 13.3. The number of para-hydroxylation sites is 1. The van der Waals surface area contributed by atoms with E-state index in [4.69, 9.17) is 0 Å². The van der Waals surface area contributed by atoms with Crippen molar-refractivity contribution in [3.05, 3.63) is 109 Å². The molecule has 3 aromatic carbocycles. The Morgan fingerprint density at radius 2 is 1.19 bits per heavy atom. The van der Waals surface area contributed by atoms with E-state index in [1.807, 2.05) is 103 Å². The number of rotatable bonds is 5. The van der Waals surface area contributed by atoms with Gasteiger partial charge in [0.15, 0.2) is 7.14 Å². The number of hydrogen-bond donors (Lipinski definition) is 1. The molecule has 1 aromatic heterocycles. The van der Waals surface area contributed by atoms with E-state index in [1.54, 1.807) is 6.20 Å². The van der Waals surface area contributed by atoms with Crippen LogP contribution in [0.1, 0.15) is 0 Å². The van der Waals surface area contributed by atoms with Crippen LogP contribution in [0, 0.1) is 0 Å². The van der Waals surface area contributed by atoms with E-state index in [1.165, 1.54) is 0 Å². The predicted molar refractivity (Wildman–Crippen MR) is 113 cm³/mol. The van der Waals surface area contributed by atoms with Gasteiger partial charge in [-0.25, -0.2) is 4.98 Å². The van der Waals surface area contributed by atoms with Crippen LogP contribution in [-0.4, -0.2) is 4.98 Å². The third-order valence-electron chi connectivity index (χ3n) is 4.41. The minimum absolute atomic E-state index is 0.720. The fourth-order valence-corrected chi connectivity index (χ4v) is 5.94. The van der Waals surface area contributed by atoms with E-state index in [0.717, 1.165) is 27.4 Å². The third kappa shape index (κ3) is 3.42. The van der Waals surface area contributed by atoms with Crippen molar-refractivity contribution in [3.8, 4) is 0 Å². The number of anilines is 2. The molecule has 4 aromatic rings. The lowest BCUT2D eigenvalue weighted by atomic mass is 10.3. The molecule has 0 bridgehead atoms. The minimum Gasteiger partial charge on any atom is -0.340 e. The van der Waals surface area contributed by atoms with Crippen molar-refractivity contribution in [1.29, 1.82) is 0 Å². The van der Waals surface area contributed by atoms with Gasteiger partial charge in [-0.05, 0) is 24.3 Å². The van der Waals surface area contributed by atoms with Gasteiger partial charge in [0.1, 0.15) is 5.82 Å². The van der Waals surface area contributed by atoms with E-state index >= 15 is 0 Å². The lowest BCUT2D eigenvalue weighted by Gasteiger charge is -2.23. The Hall–Kier alpha value is -3.16.